The van der Waals surface area contributed by atoms with Gasteiger partial charge < -0.3 is 24.5 Å². The van der Waals surface area contributed by atoms with E-state index in [1.165, 1.54) is 13.2 Å². The van der Waals surface area contributed by atoms with Gasteiger partial charge in [-0.3, -0.25) is 0 Å². The maximum Gasteiger partial charge on any atom is 0.573 e. The summed E-state index contributed by atoms with van der Waals surface area (Å²) in [5, 5.41) is 14.1. The molecule has 2 aromatic heterocycles. The molecule has 0 bridgehead atoms. The summed E-state index contributed by atoms with van der Waals surface area (Å²) >= 11 is 0. The number of benzene rings is 2. The fraction of sp³-hybridized carbons (Fsp3) is 0.111. The van der Waals surface area contributed by atoms with Crippen LogP contribution in [0.15, 0.2) is 41.6 Å². The zero-order chi connectivity index (χ0) is 20.1. The number of hydrogen-bond donors (Lipinski definition) is 3. The van der Waals surface area contributed by atoms with Gasteiger partial charge in [0, 0.05) is 21.8 Å². The Morgan fingerprint density at radius 2 is 1.64 bits per heavy atom. The van der Waals surface area contributed by atoms with Crippen molar-refractivity contribution in [1.29, 1.82) is 0 Å². The van der Waals surface area contributed by atoms with Crippen LogP contribution in [0.25, 0.3) is 33.1 Å². The molecule has 2 heterocycles. The van der Waals surface area contributed by atoms with Crippen LogP contribution >= 0.6 is 0 Å². The number of aromatic amines is 2. The van der Waals surface area contributed by atoms with Crippen molar-refractivity contribution >= 4 is 27.5 Å². The number of ether oxygens (including phenoxy) is 2. The second kappa shape index (κ2) is 6.19. The first-order valence-corrected chi connectivity index (χ1v) is 7.94. The fourth-order valence-electron chi connectivity index (χ4n) is 3.17. The highest BCUT2D eigenvalue weighted by Gasteiger charge is 2.31. The van der Waals surface area contributed by atoms with Crippen LogP contribution in [-0.2, 0) is 0 Å². The van der Waals surface area contributed by atoms with Gasteiger partial charge in [-0.2, -0.15) is 0 Å². The Kier molecular flexibility index (Phi) is 3.91. The van der Waals surface area contributed by atoms with Crippen molar-refractivity contribution in [3.8, 4) is 28.6 Å². The van der Waals surface area contributed by atoms with E-state index in [-0.39, 0.29) is 28.2 Å². The highest BCUT2D eigenvalue weighted by Crippen LogP contribution is 2.45. The maximum atomic E-state index is 12.5. The van der Waals surface area contributed by atoms with E-state index in [1.807, 2.05) is 0 Å². The van der Waals surface area contributed by atoms with Crippen LogP contribution in [0.2, 0.25) is 0 Å². The number of H-pyrrole nitrogens is 2. The Labute approximate surface area is 154 Å². The number of nitroso groups, excluding NO2 is 1. The lowest BCUT2D eigenvalue weighted by atomic mass is 10.1. The van der Waals surface area contributed by atoms with Gasteiger partial charge in [0.2, 0.25) is 0 Å². The normalized spacial score (nSPS) is 11.9. The molecule has 4 rings (SSSR count). The SMILES string of the molecule is COc1ccc2[nH]c(-c3c(O)[nH]c4ccc(OC(F)(F)F)cc34)c(N=O)c2c1. The minimum Gasteiger partial charge on any atom is -0.497 e. The summed E-state index contributed by atoms with van der Waals surface area (Å²) in [6, 6.07) is 8.49. The number of rotatable bonds is 4. The lowest BCUT2D eigenvalue weighted by molar-refractivity contribution is -0.274. The van der Waals surface area contributed by atoms with E-state index in [0.29, 0.717) is 22.2 Å². The number of hydrogen-bond acceptors (Lipinski definition) is 5. The number of nitrogens with one attached hydrogen (secondary N) is 2. The van der Waals surface area contributed by atoms with Crippen LogP contribution in [0, 0.1) is 4.91 Å². The summed E-state index contributed by atoms with van der Waals surface area (Å²) < 4.78 is 46.7. The summed E-state index contributed by atoms with van der Waals surface area (Å²) in [5.41, 5.74) is 1.16. The van der Waals surface area contributed by atoms with E-state index in [4.69, 9.17) is 4.74 Å². The van der Waals surface area contributed by atoms with Crippen molar-refractivity contribution in [3.05, 3.63) is 41.3 Å². The van der Waals surface area contributed by atoms with Gasteiger partial charge in [-0.15, -0.1) is 18.1 Å². The zero-order valence-corrected chi connectivity index (χ0v) is 14.2. The van der Waals surface area contributed by atoms with Gasteiger partial charge in [-0.25, -0.2) is 0 Å². The maximum absolute atomic E-state index is 12.5. The largest absolute Gasteiger partial charge is 0.573 e. The number of fused-ring (bicyclic) bond motifs is 2. The Balaban J connectivity index is 1.96. The first-order valence-electron chi connectivity index (χ1n) is 7.94. The molecule has 28 heavy (non-hydrogen) atoms. The van der Waals surface area contributed by atoms with Gasteiger partial charge in [0.15, 0.2) is 5.88 Å². The van der Waals surface area contributed by atoms with Gasteiger partial charge in [0.1, 0.15) is 17.2 Å². The van der Waals surface area contributed by atoms with E-state index < -0.39 is 12.1 Å². The van der Waals surface area contributed by atoms with Gasteiger partial charge in [0.25, 0.3) is 0 Å². The number of alkyl halides is 3. The van der Waals surface area contributed by atoms with Crippen molar-refractivity contribution in [3.63, 3.8) is 0 Å². The summed E-state index contributed by atoms with van der Waals surface area (Å²) in [5.74, 6) is -0.298. The van der Waals surface area contributed by atoms with E-state index in [1.54, 1.807) is 18.2 Å². The van der Waals surface area contributed by atoms with Gasteiger partial charge in [0.05, 0.1) is 18.4 Å². The third-order valence-electron chi connectivity index (χ3n) is 4.30. The monoisotopic (exact) mass is 391 g/mol. The minimum absolute atomic E-state index is 0.00718. The van der Waals surface area contributed by atoms with Crippen molar-refractivity contribution in [1.82, 2.24) is 9.97 Å². The molecule has 0 saturated heterocycles. The molecule has 0 aliphatic carbocycles. The molecule has 7 nitrogen and oxygen atoms in total. The predicted octanol–water partition coefficient (Wildman–Crippen LogP) is 5.33. The van der Waals surface area contributed by atoms with Crippen LogP contribution in [-0.4, -0.2) is 28.5 Å². The molecule has 0 radical (unpaired) electrons. The van der Waals surface area contributed by atoms with Crippen molar-refractivity contribution in [2.75, 3.05) is 7.11 Å². The van der Waals surface area contributed by atoms with E-state index >= 15 is 0 Å². The molecule has 0 saturated carbocycles. The number of nitrogens with zero attached hydrogens (tertiary/aromatic N) is 1. The van der Waals surface area contributed by atoms with Crippen LogP contribution in [0.3, 0.4) is 0 Å². The molecule has 3 N–H and O–H groups in total. The molecule has 0 spiro atoms. The zero-order valence-electron chi connectivity index (χ0n) is 14.2. The van der Waals surface area contributed by atoms with Crippen LogP contribution < -0.4 is 9.47 Å². The molecule has 0 aliphatic rings. The van der Waals surface area contributed by atoms with Crippen molar-refractivity contribution in [2.45, 2.75) is 6.36 Å². The van der Waals surface area contributed by atoms with E-state index in [0.717, 1.165) is 12.1 Å². The Bertz CT molecular complexity index is 1210. The number of aromatic nitrogens is 2. The molecular formula is C18H12F3N3O4. The van der Waals surface area contributed by atoms with Crippen LogP contribution in [0.4, 0.5) is 18.9 Å². The molecule has 0 amide bonds. The van der Waals surface area contributed by atoms with E-state index in [9.17, 15) is 23.2 Å². The average molecular weight is 391 g/mol. The minimum atomic E-state index is -4.86. The molecule has 2 aromatic carbocycles. The standard InChI is InChI=1S/C18H12F3N3O4/c1-27-8-2-4-13-11(6-8)15(24-26)16(22-13)14-10-7-9(28-18(19,20)21)3-5-12(10)23-17(14)25/h2-7,22-23,25H,1H3. The average Bonchev–Trinajstić information content (AvgIpc) is 3.15. The summed E-state index contributed by atoms with van der Waals surface area (Å²) in [4.78, 5) is 17.2. The molecule has 0 unspecified atom stereocenters. The van der Waals surface area contributed by atoms with Gasteiger partial charge in [-0.1, -0.05) is 0 Å². The lowest BCUT2D eigenvalue weighted by Gasteiger charge is -2.08. The third-order valence-corrected chi connectivity index (χ3v) is 4.30. The second-order valence-corrected chi connectivity index (χ2v) is 5.96. The van der Waals surface area contributed by atoms with Crippen molar-refractivity contribution < 1.29 is 27.8 Å². The summed E-state index contributed by atoms with van der Waals surface area (Å²) in [7, 11) is 1.47. The quantitative estimate of drug-likeness (QED) is 0.410. The van der Waals surface area contributed by atoms with Crippen LogP contribution in [0.1, 0.15) is 0 Å². The summed E-state index contributed by atoms with van der Waals surface area (Å²) in [6.07, 6.45) is -4.86. The molecule has 0 atom stereocenters. The first-order chi connectivity index (χ1) is 13.3. The Morgan fingerprint density at radius 3 is 2.29 bits per heavy atom. The topological polar surface area (TPSA) is 99.7 Å². The Morgan fingerprint density at radius 1 is 1.00 bits per heavy atom. The molecule has 10 heteroatoms. The summed E-state index contributed by atoms with van der Waals surface area (Å²) in [6.45, 7) is 0. The first kappa shape index (κ1) is 17.7. The molecule has 0 aliphatic heterocycles. The number of aromatic hydroxyl groups is 1. The van der Waals surface area contributed by atoms with Crippen molar-refractivity contribution in [2.24, 2.45) is 5.18 Å². The van der Waals surface area contributed by atoms with Crippen LogP contribution in [0.5, 0.6) is 17.4 Å². The number of halogens is 3. The molecule has 0 fully saturated rings. The van der Waals surface area contributed by atoms with Gasteiger partial charge >= 0.3 is 6.36 Å². The molecule has 144 valence electrons. The Hall–Kier alpha value is -3.69. The lowest BCUT2D eigenvalue weighted by Crippen LogP contribution is -2.16. The second-order valence-electron chi connectivity index (χ2n) is 5.96. The third kappa shape index (κ3) is 2.88. The predicted molar refractivity (Wildman–Crippen MR) is 95.9 cm³/mol. The smallest absolute Gasteiger partial charge is 0.497 e. The van der Waals surface area contributed by atoms with Gasteiger partial charge in [-0.05, 0) is 41.6 Å². The highest BCUT2D eigenvalue weighted by molar-refractivity contribution is 6.07. The molecule has 4 aromatic rings. The molecular weight excluding hydrogens is 379 g/mol. The van der Waals surface area contributed by atoms with E-state index in [2.05, 4.69) is 19.9 Å². The number of methoxy groups -OCH3 is 1. The highest BCUT2D eigenvalue weighted by atomic mass is 19.4. The fourth-order valence-corrected chi connectivity index (χ4v) is 3.17.